The standard InChI is InChI=1S/C14H14BrClN2O2S/c1-9(10-5-7-11(15)8-6-10)18-21(19,20)14-12(16)3-2-4-13(14)17/h2-9,18H,17H2,1H3/t9-/m1/s1. The van der Waals surface area contributed by atoms with Crippen molar-refractivity contribution >= 4 is 43.2 Å². The van der Waals surface area contributed by atoms with Gasteiger partial charge in [0.15, 0.2) is 0 Å². The predicted octanol–water partition coefficient (Wildman–Crippen LogP) is 3.72. The molecule has 112 valence electrons. The first-order valence-electron chi connectivity index (χ1n) is 6.13. The minimum absolute atomic E-state index is 0.0874. The van der Waals surface area contributed by atoms with E-state index in [-0.39, 0.29) is 15.6 Å². The average molecular weight is 390 g/mol. The van der Waals surface area contributed by atoms with E-state index in [0.717, 1.165) is 10.0 Å². The van der Waals surface area contributed by atoms with Gasteiger partial charge in [0.25, 0.3) is 0 Å². The average Bonchev–Trinajstić information content (AvgIpc) is 2.38. The summed E-state index contributed by atoms with van der Waals surface area (Å²) in [4.78, 5) is -0.0874. The molecule has 3 N–H and O–H groups in total. The largest absolute Gasteiger partial charge is 0.398 e. The summed E-state index contributed by atoms with van der Waals surface area (Å²) in [5.41, 5.74) is 6.70. The summed E-state index contributed by atoms with van der Waals surface area (Å²) in [6.45, 7) is 1.76. The van der Waals surface area contributed by atoms with Crippen molar-refractivity contribution in [1.29, 1.82) is 0 Å². The Hall–Kier alpha value is -1.08. The number of nitrogens with one attached hydrogen (secondary N) is 1. The van der Waals surface area contributed by atoms with Crippen LogP contribution in [0.15, 0.2) is 51.8 Å². The molecule has 2 rings (SSSR count). The van der Waals surface area contributed by atoms with Crippen molar-refractivity contribution < 1.29 is 8.42 Å². The molecule has 0 fully saturated rings. The Bertz CT molecular complexity index is 728. The lowest BCUT2D eigenvalue weighted by molar-refractivity contribution is 0.567. The number of hydrogen-bond acceptors (Lipinski definition) is 3. The summed E-state index contributed by atoms with van der Waals surface area (Å²) in [5.74, 6) is 0. The molecule has 0 spiro atoms. The van der Waals surface area contributed by atoms with E-state index in [1.807, 2.05) is 24.3 Å². The first-order chi connectivity index (χ1) is 9.81. The highest BCUT2D eigenvalue weighted by molar-refractivity contribution is 9.10. The van der Waals surface area contributed by atoms with Gasteiger partial charge in [0.05, 0.1) is 10.7 Å². The molecule has 0 saturated carbocycles. The van der Waals surface area contributed by atoms with Crippen LogP contribution in [0.2, 0.25) is 5.02 Å². The van der Waals surface area contributed by atoms with Crippen molar-refractivity contribution in [3.63, 3.8) is 0 Å². The van der Waals surface area contributed by atoms with Crippen LogP contribution in [0.5, 0.6) is 0 Å². The molecule has 0 saturated heterocycles. The lowest BCUT2D eigenvalue weighted by Gasteiger charge is -2.16. The lowest BCUT2D eigenvalue weighted by atomic mass is 10.1. The summed E-state index contributed by atoms with van der Waals surface area (Å²) in [7, 11) is -3.80. The molecule has 0 radical (unpaired) electrons. The number of sulfonamides is 1. The minimum Gasteiger partial charge on any atom is -0.398 e. The van der Waals surface area contributed by atoms with E-state index in [1.54, 1.807) is 13.0 Å². The first kappa shape index (κ1) is 16.3. The Labute approximate surface area is 137 Å². The summed E-state index contributed by atoms with van der Waals surface area (Å²) >= 11 is 9.30. The van der Waals surface area contributed by atoms with Gasteiger partial charge in [-0.05, 0) is 36.8 Å². The molecule has 4 nitrogen and oxygen atoms in total. The van der Waals surface area contributed by atoms with Crippen LogP contribution < -0.4 is 10.5 Å². The van der Waals surface area contributed by atoms with E-state index in [2.05, 4.69) is 20.7 Å². The molecule has 0 aliphatic heterocycles. The molecular formula is C14H14BrClN2O2S. The highest BCUT2D eigenvalue weighted by atomic mass is 79.9. The van der Waals surface area contributed by atoms with Crippen molar-refractivity contribution in [2.45, 2.75) is 17.9 Å². The maximum atomic E-state index is 12.4. The summed E-state index contributed by atoms with van der Waals surface area (Å²) in [6, 6.07) is 11.6. The molecule has 2 aromatic rings. The van der Waals surface area contributed by atoms with Crippen LogP contribution in [0, 0.1) is 0 Å². The summed E-state index contributed by atoms with van der Waals surface area (Å²) in [6.07, 6.45) is 0. The third kappa shape index (κ3) is 3.77. The van der Waals surface area contributed by atoms with Crippen LogP contribution in [0.1, 0.15) is 18.5 Å². The zero-order valence-electron chi connectivity index (χ0n) is 11.2. The Kier molecular flexibility index (Phi) is 4.93. The van der Waals surface area contributed by atoms with Crippen molar-refractivity contribution in [3.8, 4) is 0 Å². The Morgan fingerprint density at radius 3 is 2.38 bits per heavy atom. The topological polar surface area (TPSA) is 72.2 Å². The Balaban J connectivity index is 2.31. The molecule has 0 bridgehead atoms. The Morgan fingerprint density at radius 1 is 1.19 bits per heavy atom. The van der Waals surface area contributed by atoms with Crippen molar-refractivity contribution in [2.24, 2.45) is 0 Å². The third-order valence-corrected chi connectivity index (χ3v) is 5.58. The molecule has 1 atom stereocenters. The first-order valence-corrected chi connectivity index (χ1v) is 8.78. The highest BCUT2D eigenvalue weighted by Gasteiger charge is 2.23. The zero-order chi connectivity index (χ0) is 15.6. The molecular weight excluding hydrogens is 376 g/mol. The molecule has 21 heavy (non-hydrogen) atoms. The summed E-state index contributed by atoms with van der Waals surface area (Å²) < 4.78 is 28.4. The molecule has 0 aromatic heterocycles. The maximum Gasteiger partial charge on any atom is 0.244 e. The maximum absolute atomic E-state index is 12.4. The van der Waals surface area contributed by atoms with Gasteiger partial charge in [-0.15, -0.1) is 0 Å². The number of halogens is 2. The van der Waals surface area contributed by atoms with Crippen molar-refractivity contribution in [1.82, 2.24) is 4.72 Å². The van der Waals surface area contributed by atoms with E-state index in [9.17, 15) is 8.42 Å². The third-order valence-electron chi connectivity index (χ3n) is 2.97. The number of rotatable bonds is 4. The molecule has 0 aliphatic rings. The van der Waals surface area contributed by atoms with Gasteiger partial charge < -0.3 is 5.73 Å². The van der Waals surface area contributed by atoms with Crippen LogP contribution in [-0.4, -0.2) is 8.42 Å². The molecule has 0 unspecified atom stereocenters. The van der Waals surface area contributed by atoms with Crippen LogP contribution >= 0.6 is 27.5 Å². The lowest BCUT2D eigenvalue weighted by Crippen LogP contribution is -2.27. The molecule has 2 aromatic carbocycles. The minimum atomic E-state index is -3.80. The van der Waals surface area contributed by atoms with Gasteiger partial charge in [0.2, 0.25) is 10.0 Å². The molecule has 0 heterocycles. The second-order valence-electron chi connectivity index (χ2n) is 4.55. The number of anilines is 1. The monoisotopic (exact) mass is 388 g/mol. The van der Waals surface area contributed by atoms with Gasteiger partial charge in [0, 0.05) is 10.5 Å². The fourth-order valence-electron chi connectivity index (χ4n) is 1.92. The normalized spacial score (nSPS) is 13.1. The van der Waals surface area contributed by atoms with Crippen molar-refractivity contribution in [3.05, 3.63) is 57.5 Å². The van der Waals surface area contributed by atoms with Gasteiger partial charge >= 0.3 is 0 Å². The fourth-order valence-corrected chi connectivity index (χ4v) is 4.09. The number of nitrogen functional groups attached to an aromatic ring is 1. The molecule has 7 heteroatoms. The van der Waals surface area contributed by atoms with Gasteiger partial charge in [-0.1, -0.05) is 45.7 Å². The van der Waals surface area contributed by atoms with Crippen LogP contribution in [-0.2, 0) is 10.0 Å². The highest BCUT2D eigenvalue weighted by Crippen LogP contribution is 2.28. The van der Waals surface area contributed by atoms with Crippen LogP contribution in [0.4, 0.5) is 5.69 Å². The van der Waals surface area contributed by atoms with E-state index >= 15 is 0 Å². The second kappa shape index (κ2) is 6.36. The SMILES string of the molecule is C[C@@H](NS(=O)(=O)c1c(N)cccc1Cl)c1ccc(Br)cc1. The second-order valence-corrected chi connectivity index (χ2v) is 7.53. The molecule has 0 aliphatic carbocycles. The number of nitrogens with two attached hydrogens (primary N) is 1. The van der Waals surface area contributed by atoms with E-state index in [0.29, 0.717) is 0 Å². The van der Waals surface area contributed by atoms with Gasteiger partial charge in [0.1, 0.15) is 4.90 Å². The summed E-state index contributed by atoms with van der Waals surface area (Å²) in [5, 5.41) is 0.102. The van der Waals surface area contributed by atoms with E-state index < -0.39 is 16.1 Å². The predicted molar refractivity (Wildman–Crippen MR) is 88.7 cm³/mol. The van der Waals surface area contributed by atoms with E-state index in [4.69, 9.17) is 17.3 Å². The van der Waals surface area contributed by atoms with Gasteiger partial charge in [-0.3, -0.25) is 0 Å². The van der Waals surface area contributed by atoms with Gasteiger partial charge in [-0.25, -0.2) is 13.1 Å². The molecule has 0 amide bonds. The van der Waals surface area contributed by atoms with Crippen LogP contribution in [0.3, 0.4) is 0 Å². The number of hydrogen-bond donors (Lipinski definition) is 2. The van der Waals surface area contributed by atoms with Crippen molar-refractivity contribution in [2.75, 3.05) is 5.73 Å². The number of benzene rings is 2. The fraction of sp³-hybridized carbons (Fsp3) is 0.143. The zero-order valence-corrected chi connectivity index (χ0v) is 14.3. The van der Waals surface area contributed by atoms with E-state index in [1.165, 1.54) is 12.1 Å². The quantitative estimate of drug-likeness (QED) is 0.783. The van der Waals surface area contributed by atoms with Gasteiger partial charge in [-0.2, -0.15) is 0 Å². The smallest absolute Gasteiger partial charge is 0.244 e. The Morgan fingerprint density at radius 2 is 1.81 bits per heavy atom. The van der Waals surface area contributed by atoms with Crippen LogP contribution in [0.25, 0.3) is 0 Å².